The summed E-state index contributed by atoms with van der Waals surface area (Å²) >= 11 is 5.64. The van der Waals surface area contributed by atoms with Crippen molar-refractivity contribution < 1.29 is 18.2 Å². The van der Waals surface area contributed by atoms with Crippen LogP contribution in [0, 0.1) is 0 Å². The van der Waals surface area contributed by atoms with Crippen molar-refractivity contribution in [1.82, 2.24) is 0 Å². The summed E-state index contributed by atoms with van der Waals surface area (Å²) in [5, 5.41) is 2.76. The molecule has 0 aliphatic carbocycles. The molecule has 0 amide bonds. The zero-order valence-electron chi connectivity index (χ0n) is 7.66. The molecule has 0 fully saturated rings. The molecule has 1 aromatic heterocycles. The summed E-state index contributed by atoms with van der Waals surface area (Å²) in [6, 6.07) is 0.865. The molecule has 0 unspecified atom stereocenters. The number of nitrogens with one attached hydrogen (secondary N) is 2. The standard InChI is InChI=1S/C9H8ClF3N2/c1-2-3-14-8-7(10)4-6(5-15-8)9(11,12)13/h2,4-5H,1,3H2,(H,14,15)/p+1. The number of hydrogen-bond acceptors (Lipinski definition) is 1. The van der Waals surface area contributed by atoms with E-state index in [0.29, 0.717) is 12.4 Å². The number of anilines is 1. The van der Waals surface area contributed by atoms with E-state index in [1.54, 1.807) is 6.08 Å². The highest BCUT2D eigenvalue weighted by atomic mass is 35.5. The maximum atomic E-state index is 12.2. The van der Waals surface area contributed by atoms with E-state index in [0.717, 1.165) is 12.3 Å². The topological polar surface area (TPSA) is 26.2 Å². The normalized spacial score (nSPS) is 11.2. The molecule has 0 aromatic carbocycles. The number of pyridine rings is 1. The molecule has 0 aliphatic heterocycles. The van der Waals surface area contributed by atoms with Crippen molar-refractivity contribution >= 4 is 17.4 Å². The van der Waals surface area contributed by atoms with Crippen molar-refractivity contribution in [3.05, 3.63) is 35.5 Å². The summed E-state index contributed by atoms with van der Waals surface area (Å²) in [4.78, 5) is 2.44. The van der Waals surface area contributed by atoms with Crippen LogP contribution in [0.2, 0.25) is 5.02 Å². The zero-order chi connectivity index (χ0) is 11.5. The Morgan fingerprint density at radius 3 is 2.67 bits per heavy atom. The van der Waals surface area contributed by atoms with Crippen LogP contribution in [0.4, 0.5) is 19.0 Å². The van der Waals surface area contributed by atoms with Gasteiger partial charge in [-0.1, -0.05) is 24.3 Å². The fourth-order valence-corrected chi connectivity index (χ4v) is 1.18. The third kappa shape index (κ3) is 3.13. The first-order valence-corrected chi connectivity index (χ1v) is 4.46. The van der Waals surface area contributed by atoms with Crippen LogP contribution in [0.1, 0.15) is 5.56 Å². The first-order valence-electron chi connectivity index (χ1n) is 4.08. The van der Waals surface area contributed by atoms with Crippen LogP contribution in [-0.2, 0) is 6.18 Å². The maximum absolute atomic E-state index is 12.2. The quantitative estimate of drug-likeness (QED) is 0.804. The summed E-state index contributed by atoms with van der Waals surface area (Å²) in [5.41, 5.74) is -0.809. The molecule has 2 nitrogen and oxygen atoms in total. The van der Waals surface area contributed by atoms with Gasteiger partial charge in [-0.3, -0.25) is 5.32 Å². The van der Waals surface area contributed by atoms with Gasteiger partial charge < -0.3 is 0 Å². The average molecular weight is 238 g/mol. The maximum Gasteiger partial charge on any atom is 0.419 e. The van der Waals surface area contributed by atoms with Gasteiger partial charge in [0.05, 0.1) is 5.56 Å². The Morgan fingerprint density at radius 1 is 1.53 bits per heavy atom. The number of hydrogen-bond donors (Lipinski definition) is 1. The molecule has 1 rings (SSSR count). The first-order chi connectivity index (χ1) is 6.95. The molecule has 0 saturated heterocycles. The van der Waals surface area contributed by atoms with Crippen LogP contribution < -0.4 is 10.3 Å². The lowest BCUT2D eigenvalue weighted by Crippen LogP contribution is -2.17. The molecule has 0 aliphatic rings. The molecule has 6 heteroatoms. The van der Waals surface area contributed by atoms with E-state index < -0.39 is 11.7 Å². The van der Waals surface area contributed by atoms with Gasteiger partial charge in [-0.05, 0) is 6.07 Å². The summed E-state index contributed by atoms with van der Waals surface area (Å²) < 4.78 is 36.7. The molecule has 1 aromatic rings. The lowest BCUT2D eigenvalue weighted by Gasteiger charge is -2.05. The van der Waals surface area contributed by atoms with Crippen molar-refractivity contribution in [2.75, 3.05) is 11.9 Å². The van der Waals surface area contributed by atoms with E-state index >= 15 is 0 Å². The second-order valence-electron chi connectivity index (χ2n) is 2.78. The predicted octanol–water partition coefficient (Wildman–Crippen LogP) is 2.77. The summed E-state index contributed by atoms with van der Waals surface area (Å²) in [6.45, 7) is 3.88. The molecule has 82 valence electrons. The Balaban J connectivity index is 2.93. The summed E-state index contributed by atoms with van der Waals surface area (Å²) in [7, 11) is 0. The second kappa shape index (κ2) is 4.53. The highest BCUT2D eigenvalue weighted by molar-refractivity contribution is 6.32. The highest BCUT2D eigenvalue weighted by Crippen LogP contribution is 2.30. The van der Waals surface area contributed by atoms with Crippen molar-refractivity contribution in [3.63, 3.8) is 0 Å². The van der Waals surface area contributed by atoms with Gasteiger partial charge in [0.15, 0.2) is 0 Å². The number of aromatic nitrogens is 1. The number of aromatic amines is 1. The van der Waals surface area contributed by atoms with Crippen LogP contribution in [0.3, 0.4) is 0 Å². The minimum atomic E-state index is -4.39. The summed E-state index contributed by atoms with van der Waals surface area (Å²) in [6.07, 6.45) is -1.96. The molecule has 0 spiro atoms. The Bertz CT molecular complexity index is 363. The fourth-order valence-electron chi connectivity index (χ4n) is 0.943. The van der Waals surface area contributed by atoms with Crippen molar-refractivity contribution in [2.24, 2.45) is 0 Å². The minimum Gasteiger partial charge on any atom is -0.270 e. The van der Waals surface area contributed by atoms with Gasteiger partial charge in [0, 0.05) is 0 Å². The number of alkyl halides is 3. The lowest BCUT2D eigenvalue weighted by atomic mass is 10.3. The summed E-state index contributed by atoms with van der Waals surface area (Å²) in [5.74, 6) is 0.338. The molecule has 0 saturated carbocycles. The van der Waals surface area contributed by atoms with Gasteiger partial charge in [0.25, 0.3) is 5.82 Å². The molecule has 0 atom stereocenters. The molecule has 0 radical (unpaired) electrons. The molecule has 0 bridgehead atoms. The molecule has 1 heterocycles. The Hall–Kier alpha value is -1.23. The largest absolute Gasteiger partial charge is 0.419 e. The van der Waals surface area contributed by atoms with Gasteiger partial charge in [-0.2, -0.15) is 13.2 Å². The Kier molecular flexibility index (Phi) is 3.57. The monoisotopic (exact) mass is 237 g/mol. The van der Waals surface area contributed by atoms with Crippen molar-refractivity contribution in [2.45, 2.75) is 6.18 Å². The van der Waals surface area contributed by atoms with E-state index in [1.165, 1.54) is 0 Å². The number of H-pyrrole nitrogens is 1. The Morgan fingerprint density at radius 2 is 2.20 bits per heavy atom. The van der Waals surface area contributed by atoms with Gasteiger partial charge in [-0.25, -0.2) is 4.98 Å². The molecule has 15 heavy (non-hydrogen) atoms. The number of halogens is 4. The van der Waals surface area contributed by atoms with Gasteiger partial charge >= 0.3 is 6.18 Å². The van der Waals surface area contributed by atoms with Crippen LogP contribution in [0.15, 0.2) is 24.9 Å². The molecular formula is C9H9ClF3N2+. The number of rotatable bonds is 3. The van der Waals surface area contributed by atoms with Gasteiger partial charge in [0.2, 0.25) is 0 Å². The van der Waals surface area contributed by atoms with Gasteiger partial charge in [0.1, 0.15) is 17.8 Å². The van der Waals surface area contributed by atoms with Crippen LogP contribution in [0.25, 0.3) is 0 Å². The van der Waals surface area contributed by atoms with E-state index in [1.807, 2.05) is 0 Å². The molecule has 2 N–H and O–H groups in total. The van der Waals surface area contributed by atoms with Gasteiger partial charge in [-0.15, -0.1) is 0 Å². The Labute approximate surface area is 89.8 Å². The van der Waals surface area contributed by atoms with Crippen LogP contribution in [0.5, 0.6) is 0 Å². The fraction of sp³-hybridized carbons (Fsp3) is 0.222. The minimum absolute atomic E-state index is 0.00771. The smallest absolute Gasteiger partial charge is 0.270 e. The van der Waals surface area contributed by atoms with Crippen molar-refractivity contribution in [1.29, 1.82) is 0 Å². The third-order valence-electron chi connectivity index (χ3n) is 1.64. The van der Waals surface area contributed by atoms with E-state index in [-0.39, 0.29) is 5.02 Å². The van der Waals surface area contributed by atoms with Crippen LogP contribution in [-0.4, -0.2) is 6.54 Å². The molecular weight excluding hydrogens is 229 g/mol. The second-order valence-corrected chi connectivity index (χ2v) is 3.19. The van der Waals surface area contributed by atoms with E-state index in [4.69, 9.17) is 11.6 Å². The zero-order valence-corrected chi connectivity index (χ0v) is 8.41. The lowest BCUT2D eigenvalue weighted by molar-refractivity contribution is -0.364. The highest BCUT2D eigenvalue weighted by Gasteiger charge is 2.32. The van der Waals surface area contributed by atoms with E-state index in [9.17, 15) is 13.2 Å². The predicted molar refractivity (Wildman–Crippen MR) is 51.7 cm³/mol. The van der Waals surface area contributed by atoms with Crippen LogP contribution >= 0.6 is 11.6 Å². The first kappa shape index (κ1) is 11.8. The third-order valence-corrected chi connectivity index (χ3v) is 1.94. The van der Waals surface area contributed by atoms with Crippen molar-refractivity contribution in [3.8, 4) is 0 Å². The van der Waals surface area contributed by atoms with E-state index in [2.05, 4.69) is 16.9 Å². The average Bonchev–Trinajstić information content (AvgIpc) is 2.14. The SMILES string of the molecule is C=CCNc1[nH+]cc(C(F)(F)F)cc1Cl.